The number of methoxy groups -OCH3 is 1. The fourth-order valence-electron chi connectivity index (χ4n) is 5.09. The van der Waals surface area contributed by atoms with Crippen molar-refractivity contribution in [3.05, 3.63) is 113 Å². The fraction of sp³-hybridized carbons (Fsp3) is 0.229. The third kappa shape index (κ3) is 7.97. The van der Waals surface area contributed by atoms with Crippen LogP contribution in [0.4, 0.5) is 9.18 Å². The first-order valence-corrected chi connectivity index (χ1v) is 14.9. The molecule has 1 aliphatic rings. The van der Waals surface area contributed by atoms with Gasteiger partial charge in [-0.2, -0.15) is 5.10 Å². The van der Waals surface area contributed by atoms with Crippen molar-refractivity contribution in [3.8, 4) is 17.2 Å². The minimum absolute atomic E-state index is 0.184. The van der Waals surface area contributed by atoms with Crippen LogP contribution < -0.4 is 30.3 Å². The van der Waals surface area contributed by atoms with Gasteiger partial charge in [0.1, 0.15) is 24.8 Å². The average molecular weight is 643 g/mol. The average Bonchev–Trinajstić information content (AvgIpc) is 3.07. The molecule has 0 unspecified atom stereocenters. The summed E-state index contributed by atoms with van der Waals surface area (Å²) in [7, 11) is 1.27. The number of nitrogens with zero attached hydrogens (tertiary/aromatic N) is 1. The maximum Gasteiger partial charge on any atom is 0.337 e. The molecule has 0 radical (unpaired) electrons. The van der Waals surface area contributed by atoms with Crippen LogP contribution in [0.25, 0.3) is 10.8 Å². The molecule has 12 heteroatoms. The van der Waals surface area contributed by atoms with E-state index in [0.717, 1.165) is 16.3 Å². The lowest BCUT2D eigenvalue weighted by Gasteiger charge is -2.28. The number of allylic oxidation sites excluding steroid dienone is 1. The molecule has 2 atom stereocenters. The molecule has 0 saturated carbocycles. The molecule has 2 amide bonds. The molecule has 0 saturated heterocycles. The second-order valence-corrected chi connectivity index (χ2v) is 10.5. The summed E-state index contributed by atoms with van der Waals surface area (Å²) in [6, 6.07) is 21.4. The number of fused-ring (bicyclic) bond motifs is 1. The van der Waals surface area contributed by atoms with Gasteiger partial charge >= 0.3 is 12.0 Å². The predicted octanol–water partition coefficient (Wildman–Crippen LogP) is 5.08. The number of aliphatic hydroxyl groups is 1. The lowest BCUT2D eigenvalue weighted by molar-refractivity contribution is -0.136. The largest absolute Gasteiger partial charge is 0.490 e. The molecule has 47 heavy (non-hydrogen) atoms. The summed E-state index contributed by atoms with van der Waals surface area (Å²) in [4.78, 5) is 24.7. The minimum atomic E-state index is -1.20. The summed E-state index contributed by atoms with van der Waals surface area (Å²) < 4.78 is 36.0. The summed E-state index contributed by atoms with van der Waals surface area (Å²) in [5.41, 5.74) is 5.39. The number of esters is 1. The van der Waals surface area contributed by atoms with Crippen molar-refractivity contribution in [3.63, 3.8) is 0 Å². The van der Waals surface area contributed by atoms with E-state index in [1.807, 2.05) is 43.3 Å². The third-order valence-electron chi connectivity index (χ3n) is 7.33. The zero-order valence-electron chi connectivity index (χ0n) is 26.1. The number of hydrazone groups is 1. The number of aliphatic hydroxyl groups excluding tert-OH is 1. The topological polar surface area (TPSA) is 140 Å². The first kappa shape index (κ1) is 32.8. The Hall–Kier alpha value is -5.62. The molecule has 1 heterocycles. The standard InChI is InChI=1S/C35H35FN4O7/c1-4-45-30-17-24(33-32(34(42)44-3)21(2)38-35(43)39-33)12-16-29(30)47-20-31(41)40-37-18-27-26-8-6-5-7-23(26)11-15-28(27)46-19-22-9-13-25(36)14-10-22/h5-18,31,33,40-41H,4,19-20H2,1-3H3,(H2,38,39,43)/b37-18+/t31-,33-/m0/s1. The Morgan fingerprint density at radius 1 is 1.02 bits per heavy atom. The van der Waals surface area contributed by atoms with Gasteiger partial charge in [-0.25, -0.2) is 14.0 Å². The van der Waals surface area contributed by atoms with Crippen LogP contribution in [0.3, 0.4) is 0 Å². The maximum absolute atomic E-state index is 13.3. The van der Waals surface area contributed by atoms with Gasteiger partial charge in [-0.3, -0.25) is 5.43 Å². The Morgan fingerprint density at radius 2 is 1.79 bits per heavy atom. The Balaban J connectivity index is 1.28. The maximum atomic E-state index is 13.3. The zero-order valence-corrected chi connectivity index (χ0v) is 26.1. The van der Waals surface area contributed by atoms with Crippen molar-refractivity contribution in [2.45, 2.75) is 32.7 Å². The second-order valence-electron chi connectivity index (χ2n) is 10.5. The minimum Gasteiger partial charge on any atom is -0.490 e. The molecule has 0 bridgehead atoms. The number of hydrogen-bond acceptors (Lipinski definition) is 9. The van der Waals surface area contributed by atoms with Crippen LogP contribution in [0.5, 0.6) is 17.2 Å². The van der Waals surface area contributed by atoms with E-state index < -0.39 is 24.3 Å². The van der Waals surface area contributed by atoms with E-state index in [-0.39, 0.29) is 24.6 Å². The number of halogens is 1. The van der Waals surface area contributed by atoms with Crippen molar-refractivity contribution in [2.75, 3.05) is 20.3 Å². The predicted molar refractivity (Wildman–Crippen MR) is 174 cm³/mol. The molecule has 1 aliphatic heterocycles. The van der Waals surface area contributed by atoms with Crippen LogP contribution in [0.1, 0.15) is 36.6 Å². The Morgan fingerprint density at radius 3 is 2.55 bits per heavy atom. The van der Waals surface area contributed by atoms with Crippen LogP contribution in [-0.4, -0.2) is 49.9 Å². The first-order valence-electron chi connectivity index (χ1n) is 14.9. The molecule has 4 aromatic carbocycles. The van der Waals surface area contributed by atoms with Crippen molar-refractivity contribution in [1.29, 1.82) is 0 Å². The summed E-state index contributed by atoms with van der Waals surface area (Å²) in [5, 5.41) is 22.1. The SMILES string of the molecule is CCOc1cc([C@@H]2NC(=O)NC(C)=C2C(=O)OC)ccc1OC[C@H](O)N/N=C/c1c(OCc2ccc(F)cc2)ccc2ccccc12. The smallest absolute Gasteiger partial charge is 0.337 e. The molecule has 4 aromatic rings. The van der Waals surface area contributed by atoms with Crippen LogP contribution in [0.2, 0.25) is 0 Å². The lowest BCUT2D eigenvalue weighted by Crippen LogP contribution is -2.45. The molecule has 0 fully saturated rings. The summed E-state index contributed by atoms with van der Waals surface area (Å²) in [6.07, 6.45) is 0.368. The van der Waals surface area contributed by atoms with Gasteiger partial charge in [0, 0.05) is 11.3 Å². The van der Waals surface area contributed by atoms with Crippen molar-refractivity contribution < 1.29 is 38.0 Å². The number of rotatable bonds is 13. The van der Waals surface area contributed by atoms with E-state index in [9.17, 15) is 19.1 Å². The Labute approximate surface area is 271 Å². The van der Waals surface area contributed by atoms with Gasteiger partial charge < -0.3 is 34.7 Å². The molecule has 0 aromatic heterocycles. The number of ether oxygens (including phenoxy) is 4. The molecular weight excluding hydrogens is 607 g/mol. The molecule has 0 aliphatic carbocycles. The summed E-state index contributed by atoms with van der Waals surface area (Å²) >= 11 is 0. The summed E-state index contributed by atoms with van der Waals surface area (Å²) in [6.45, 7) is 3.80. The molecule has 0 spiro atoms. The van der Waals surface area contributed by atoms with Crippen LogP contribution in [0.15, 0.2) is 95.2 Å². The number of nitrogens with one attached hydrogen (secondary N) is 3. The Kier molecular flexibility index (Phi) is 10.5. The molecular formula is C35H35FN4O7. The van der Waals surface area contributed by atoms with Gasteiger partial charge in [0.15, 0.2) is 17.7 Å². The van der Waals surface area contributed by atoms with Gasteiger partial charge in [-0.15, -0.1) is 0 Å². The summed E-state index contributed by atoms with van der Waals surface area (Å²) in [5.74, 6) is 0.362. The highest BCUT2D eigenvalue weighted by atomic mass is 19.1. The fourth-order valence-corrected chi connectivity index (χ4v) is 5.09. The second kappa shape index (κ2) is 15.1. The highest BCUT2D eigenvalue weighted by molar-refractivity contribution is 6.02. The van der Waals surface area contributed by atoms with Crippen molar-refractivity contribution >= 4 is 29.0 Å². The molecule has 11 nitrogen and oxygen atoms in total. The zero-order chi connectivity index (χ0) is 33.3. The highest BCUT2D eigenvalue weighted by Crippen LogP contribution is 2.35. The van der Waals surface area contributed by atoms with Gasteiger partial charge in [-0.1, -0.05) is 48.5 Å². The van der Waals surface area contributed by atoms with E-state index in [2.05, 4.69) is 21.2 Å². The normalized spacial score (nSPS) is 15.2. The van der Waals surface area contributed by atoms with Crippen molar-refractivity contribution in [1.82, 2.24) is 16.1 Å². The van der Waals surface area contributed by atoms with E-state index in [1.54, 1.807) is 43.5 Å². The quantitative estimate of drug-likeness (QED) is 0.0686. The first-order chi connectivity index (χ1) is 22.8. The molecule has 4 N–H and O–H groups in total. The van der Waals surface area contributed by atoms with Crippen molar-refractivity contribution in [2.24, 2.45) is 5.10 Å². The highest BCUT2D eigenvalue weighted by Gasteiger charge is 2.32. The number of benzene rings is 4. The van der Waals surface area contributed by atoms with E-state index in [4.69, 9.17) is 18.9 Å². The Bertz CT molecular complexity index is 1810. The number of carbonyl (C=O) groups excluding carboxylic acids is 2. The van der Waals surface area contributed by atoms with Gasteiger partial charge in [0.2, 0.25) is 0 Å². The van der Waals surface area contributed by atoms with Crippen LogP contribution in [-0.2, 0) is 16.1 Å². The molecule has 244 valence electrons. The van der Waals surface area contributed by atoms with Gasteiger partial charge in [-0.05, 0) is 66.1 Å². The number of amides is 2. The van der Waals surface area contributed by atoms with Gasteiger partial charge in [0.25, 0.3) is 0 Å². The number of urea groups is 1. The van der Waals surface area contributed by atoms with E-state index in [0.29, 0.717) is 40.7 Å². The van der Waals surface area contributed by atoms with E-state index in [1.165, 1.54) is 19.2 Å². The molecule has 5 rings (SSSR count). The van der Waals surface area contributed by atoms with Gasteiger partial charge in [0.05, 0.1) is 31.5 Å². The lowest BCUT2D eigenvalue weighted by atomic mass is 9.95. The third-order valence-corrected chi connectivity index (χ3v) is 7.33. The van der Waals surface area contributed by atoms with Crippen LogP contribution in [0, 0.1) is 5.82 Å². The van der Waals surface area contributed by atoms with E-state index >= 15 is 0 Å². The van der Waals surface area contributed by atoms with Crippen LogP contribution >= 0.6 is 0 Å². The number of carbonyl (C=O) groups is 2. The number of hydrogen-bond donors (Lipinski definition) is 4. The monoisotopic (exact) mass is 642 g/mol.